The smallest absolute Gasteiger partial charge is 0.338 e. The molecule has 52 heavy (non-hydrogen) atoms. The summed E-state index contributed by atoms with van der Waals surface area (Å²) in [5.41, 5.74) is -8.24. The molecule has 1 unspecified atom stereocenters. The van der Waals surface area contributed by atoms with Gasteiger partial charge in [0.1, 0.15) is 23.9 Å². The average molecular weight is 724 g/mol. The van der Waals surface area contributed by atoms with Crippen LogP contribution in [0.25, 0.3) is 0 Å². The van der Waals surface area contributed by atoms with Crippen molar-refractivity contribution in [3.05, 3.63) is 71.8 Å². The Morgan fingerprint density at radius 2 is 1.48 bits per heavy atom. The highest BCUT2D eigenvalue weighted by Crippen LogP contribution is 2.81. The third-order valence-corrected chi connectivity index (χ3v) is 14.2. The predicted molar refractivity (Wildman–Crippen MR) is 182 cm³/mol. The quantitative estimate of drug-likeness (QED) is 0.257. The Hall–Kier alpha value is -2.98. The van der Waals surface area contributed by atoms with Crippen LogP contribution in [0.5, 0.6) is 0 Å². The Morgan fingerprint density at radius 3 is 2.04 bits per heavy atom. The Morgan fingerprint density at radius 1 is 0.846 bits per heavy atom. The fourth-order valence-electron chi connectivity index (χ4n) is 12.9. The van der Waals surface area contributed by atoms with Crippen LogP contribution in [0, 0.1) is 28.6 Å². The van der Waals surface area contributed by atoms with E-state index in [4.69, 9.17) is 28.4 Å². The molecule has 1 spiro atoms. The lowest BCUT2D eigenvalue weighted by Crippen LogP contribution is -2.85. The highest BCUT2D eigenvalue weighted by Gasteiger charge is 2.96. The van der Waals surface area contributed by atoms with Gasteiger partial charge < -0.3 is 48.8 Å². The zero-order chi connectivity index (χ0) is 37.0. The second kappa shape index (κ2) is 12.3. The van der Waals surface area contributed by atoms with E-state index in [2.05, 4.69) is 4.90 Å². The number of piperidine rings is 1. The number of benzene rings is 2. The van der Waals surface area contributed by atoms with Gasteiger partial charge >= 0.3 is 11.9 Å². The summed E-state index contributed by atoms with van der Waals surface area (Å²) >= 11 is 0. The molecule has 15 atom stereocenters. The average Bonchev–Trinajstić information content (AvgIpc) is 3.50. The van der Waals surface area contributed by atoms with Gasteiger partial charge in [-0.25, -0.2) is 9.59 Å². The largest absolute Gasteiger partial charge is 0.455 e. The number of nitrogens with zero attached hydrogens (tertiary/aromatic N) is 1. The van der Waals surface area contributed by atoms with Gasteiger partial charge in [-0.3, -0.25) is 4.90 Å². The van der Waals surface area contributed by atoms with Crippen LogP contribution in [-0.4, -0.2) is 145 Å². The lowest BCUT2D eigenvalue weighted by Gasteiger charge is -2.72. The summed E-state index contributed by atoms with van der Waals surface area (Å²) in [5, 5.41) is 52.1. The first kappa shape index (κ1) is 36.0. The number of fused-ring (bicyclic) bond motifs is 2. The second-order valence-corrected chi connectivity index (χ2v) is 15.8. The van der Waals surface area contributed by atoms with Gasteiger partial charge in [0.2, 0.25) is 0 Å². The Kier molecular flexibility index (Phi) is 8.50. The summed E-state index contributed by atoms with van der Waals surface area (Å²) in [7, 11) is 5.96. The lowest BCUT2D eigenvalue weighted by atomic mass is 9.40. The highest BCUT2D eigenvalue weighted by atomic mass is 16.6. The third-order valence-electron chi connectivity index (χ3n) is 14.2. The summed E-state index contributed by atoms with van der Waals surface area (Å²) in [6.07, 6.45) is -7.68. The molecule has 1 aliphatic heterocycles. The van der Waals surface area contributed by atoms with Gasteiger partial charge in [-0.15, -0.1) is 0 Å². The molecule has 4 N–H and O–H groups in total. The number of carbonyl (C=O) groups is 2. The molecule has 0 radical (unpaired) electrons. The molecule has 1 heterocycles. The van der Waals surface area contributed by atoms with E-state index in [0.29, 0.717) is 13.1 Å². The maximum Gasteiger partial charge on any atom is 0.338 e. The molecular weight excluding hydrogens is 674 g/mol. The molecule has 0 aromatic heterocycles. The molecule has 5 saturated carbocycles. The first-order valence-corrected chi connectivity index (χ1v) is 18.1. The lowest BCUT2D eigenvalue weighted by molar-refractivity contribution is -0.352. The number of aliphatic hydroxyl groups is 4. The summed E-state index contributed by atoms with van der Waals surface area (Å²) in [5.74, 6) is -4.56. The molecule has 13 heteroatoms. The van der Waals surface area contributed by atoms with Crippen molar-refractivity contribution in [3.8, 4) is 0 Å². The summed E-state index contributed by atoms with van der Waals surface area (Å²) in [6, 6.07) is 15.9. The van der Waals surface area contributed by atoms with E-state index < -0.39 is 106 Å². The first-order chi connectivity index (χ1) is 24.9. The molecule has 2 aromatic carbocycles. The van der Waals surface area contributed by atoms with E-state index in [0.717, 1.165) is 0 Å². The van der Waals surface area contributed by atoms with Crippen LogP contribution in [0.3, 0.4) is 0 Å². The van der Waals surface area contributed by atoms with Crippen molar-refractivity contribution in [2.45, 2.75) is 79.2 Å². The number of ether oxygens (including phenoxy) is 6. The summed E-state index contributed by atoms with van der Waals surface area (Å²) < 4.78 is 37.8. The zero-order valence-electron chi connectivity index (χ0n) is 30.1. The Bertz CT molecular complexity index is 1700. The van der Waals surface area contributed by atoms with Crippen molar-refractivity contribution in [3.63, 3.8) is 0 Å². The molecule has 6 fully saturated rings. The summed E-state index contributed by atoms with van der Waals surface area (Å²) in [4.78, 5) is 30.6. The van der Waals surface area contributed by atoms with Gasteiger partial charge in [0, 0.05) is 76.5 Å². The van der Waals surface area contributed by atoms with Gasteiger partial charge in [-0.2, -0.15) is 0 Å². The van der Waals surface area contributed by atoms with Crippen molar-refractivity contribution < 1.29 is 58.4 Å². The number of aliphatic hydroxyl groups excluding tert-OH is 2. The standard InChI is InChI=1S/C39H49NO12/c1-6-40-19-35(20-47-2)23(41)17-24(48-3)38-27(35)26(49-4)25(29(38)40)39(52-34(44)22-15-11-8-12-16-22)28-31(51-33(43)21-13-9-7-10-14-21)36(45,18-37(28,38)46)32(50-5)30(39)42/h7-16,23-32,41-42,45-46H,6,17-20H2,1-5H3/t23-,24+,25+,26+,27-,28+,29?,30+,31-,32+,35+,36-,37+,38-,39+/m1/s1. The highest BCUT2D eigenvalue weighted by molar-refractivity contribution is 5.90. The van der Waals surface area contributed by atoms with Crippen molar-refractivity contribution in [2.75, 3.05) is 48.1 Å². The van der Waals surface area contributed by atoms with Crippen molar-refractivity contribution in [2.24, 2.45) is 28.6 Å². The number of rotatable bonds is 10. The molecule has 2 aromatic rings. The van der Waals surface area contributed by atoms with E-state index in [1.165, 1.54) is 21.3 Å². The minimum Gasteiger partial charge on any atom is -0.455 e. The Balaban J connectivity index is 1.45. The van der Waals surface area contributed by atoms with Crippen LogP contribution in [0.4, 0.5) is 0 Å². The maximum atomic E-state index is 14.5. The van der Waals surface area contributed by atoms with Gasteiger partial charge in [-0.05, 0) is 30.8 Å². The van der Waals surface area contributed by atoms with Crippen molar-refractivity contribution >= 4 is 11.9 Å². The van der Waals surface area contributed by atoms with Crippen LogP contribution in [0.1, 0.15) is 40.5 Å². The predicted octanol–water partition coefficient (Wildman–Crippen LogP) is 1.06. The molecule has 7 bridgehead atoms. The molecule has 1 saturated heterocycles. The number of hydrogen-bond acceptors (Lipinski definition) is 13. The fourth-order valence-corrected chi connectivity index (χ4v) is 12.9. The minimum atomic E-state index is -2.16. The van der Waals surface area contributed by atoms with Gasteiger partial charge in [-0.1, -0.05) is 43.3 Å². The molecule has 0 amide bonds. The molecule has 5 aliphatic carbocycles. The number of likely N-dealkylation sites (tertiary alicyclic amines) is 1. The minimum absolute atomic E-state index is 0.101. The first-order valence-electron chi connectivity index (χ1n) is 18.1. The molecule has 13 nitrogen and oxygen atoms in total. The van der Waals surface area contributed by atoms with Crippen molar-refractivity contribution in [1.82, 2.24) is 4.90 Å². The number of hydrogen-bond donors (Lipinski definition) is 4. The third kappa shape index (κ3) is 4.09. The molecular formula is C39H49NO12. The number of methoxy groups -OCH3 is 4. The number of carbonyl (C=O) groups excluding carboxylic acids is 2. The molecule has 6 aliphatic rings. The van der Waals surface area contributed by atoms with E-state index in [1.807, 2.05) is 6.92 Å². The molecule has 8 rings (SSSR count). The van der Waals surface area contributed by atoms with Crippen LogP contribution in [0.2, 0.25) is 0 Å². The van der Waals surface area contributed by atoms with E-state index >= 15 is 0 Å². The van der Waals surface area contributed by atoms with Crippen LogP contribution in [0.15, 0.2) is 60.7 Å². The van der Waals surface area contributed by atoms with Crippen LogP contribution < -0.4 is 0 Å². The van der Waals surface area contributed by atoms with Crippen LogP contribution >= 0.6 is 0 Å². The van der Waals surface area contributed by atoms with E-state index in [9.17, 15) is 30.0 Å². The monoisotopic (exact) mass is 723 g/mol. The topological polar surface area (TPSA) is 174 Å². The number of esters is 2. The van der Waals surface area contributed by atoms with E-state index in [-0.39, 0.29) is 24.2 Å². The maximum absolute atomic E-state index is 14.5. The van der Waals surface area contributed by atoms with Gasteiger partial charge in [0.05, 0.1) is 47.6 Å². The van der Waals surface area contributed by atoms with Gasteiger partial charge in [0.25, 0.3) is 0 Å². The van der Waals surface area contributed by atoms with Crippen LogP contribution in [-0.2, 0) is 28.4 Å². The normalized spacial score (nSPS) is 46.9. The summed E-state index contributed by atoms with van der Waals surface area (Å²) in [6.45, 7) is 2.88. The fraction of sp³-hybridized carbons (Fsp3) is 0.641. The Labute approximate surface area is 302 Å². The second-order valence-electron chi connectivity index (χ2n) is 15.8. The van der Waals surface area contributed by atoms with E-state index in [1.54, 1.807) is 67.8 Å². The zero-order valence-corrected chi connectivity index (χ0v) is 30.1. The SMILES string of the molecule is CCN1C[C@]2(COC)[C@H](O)C[C@H](OC)[C@]34C1[C@H]([C@H](OC)[C@H]23)[C@]1(OC(=O)c2ccccc2)[C@H]2[C@@H](OC(=O)c3ccccc3)[C@](O)(C[C@]24O)[C@@H](OC)[C@@H]1O. The molecule has 282 valence electrons. The van der Waals surface area contributed by atoms with Gasteiger partial charge in [0.15, 0.2) is 5.60 Å². The van der Waals surface area contributed by atoms with Crippen molar-refractivity contribution in [1.29, 1.82) is 0 Å².